The van der Waals surface area contributed by atoms with Crippen molar-refractivity contribution in [2.24, 2.45) is 11.8 Å². The van der Waals surface area contributed by atoms with E-state index >= 15 is 0 Å². The van der Waals surface area contributed by atoms with E-state index in [1.54, 1.807) is 6.20 Å². The summed E-state index contributed by atoms with van der Waals surface area (Å²) >= 11 is 0. The number of nitrogens with zero attached hydrogens (tertiary/aromatic N) is 1. The highest BCUT2D eigenvalue weighted by Crippen LogP contribution is 2.38. The van der Waals surface area contributed by atoms with Crippen molar-refractivity contribution in [3.63, 3.8) is 0 Å². The van der Waals surface area contributed by atoms with E-state index in [9.17, 15) is 4.79 Å². The van der Waals surface area contributed by atoms with Crippen LogP contribution in [0, 0.1) is 11.8 Å². The first kappa shape index (κ1) is 11.4. The van der Waals surface area contributed by atoms with E-state index in [0.29, 0.717) is 5.69 Å². The monoisotopic (exact) mass is 239 g/mol. The topological polar surface area (TPSA) is 30.0 Å². The van der Waals surface area contributed by atoms with Gasteiger partial charge in [0.1, 0.15) is 5.69 Å². The van der Waals surface area contributed by atoms with Crippen molar-refractivity contribution in [2.45, 2.75) is 26.2 Å². The first-order valence-corrected chi connectivity index (χ1v) is 6.67. The molecule has 0 amide bonds. The SMILES string of the molecule is CCC1CC(C(=O)c2nccc3ccccc23)C1. The van der Waals surface area contributed by atoms with Gasteiger partial charge in [-0.15, -0.1) is 0 Å². The molecular formula is C16H17NO. The second-order valence-corrected chi connectivity index (χ2v) is 5.19. The van der Waals surface area contributed by atoms with Crippen molar-refractivity contribution in [2.75, 3.05) is 0 Å². The highest BCUT2D eigenvalue weighted by atomic mass is 16.1. The van der Waals surface area contributed by atoms with Gasteiger partial charge in [0.2, 0.25) is 0 Å². The van der Waals surface area contributed by atoms with Crippen LogP contribution in [0.2, 0.25) is 0 Å². The Hall–Kier alpha value is -1.70. The van der Waals surface area contributed by atoms with Crippen LogP contribution in [0.4, 0.5) is 0 Å². The molecule has 1 fully saturated rings. The summed E-state index contributed by atoms with van der Waals surface area (Å²) in [4.78, 5) is 16.8. The fourth-order valence-corrected chi connectivity index (χ4v) is 2.79. The van der Waals surface area contributed by atoms with Crippen molar-refractivity contribution in [1.29, 1.82) is 0 Å². The maximum absolute atomic E-state index is 12.4. The molecular weight excluding hydrogens is 222 g/mol. The zero-order valence-corrected chi connectivity index (χ0v) is 10.6. The van der Waals surface area contributed by atoms with Gasteiger partial charge in [-0.25, -0.2) is 0 Å². The smallest absolute Gasteiger partial charge is 0.184 e. The molecule has 1 saturated carbocycles. The Balaban J connectivity index is 1.93. The number of rotatable bonds is 3. The minimum Gasteiger partial charge on any atom is -0.292 e. The van der Waals surface area contributed by atoms with Crippen LogP contribution in [0.5, 0.6) is 0 Å². The van der Waals surface area contributed by atoms with Crippen LogP contribution in [0.25, 0.3) is 10.8 Å². The highest BCUT2D eigenvalue weighted by molar-refractivity contribution is 6.07. The Kier molecular flexibility index (Phi) is 2.86. The number of benzene rings is 1. The maximum Gasteiger partial charge on any atom is 0.184 e. The van der Waals surface area contributed by atoms with Gasteiger partial charge in [0.05, 0.1) is 0 Å². The van der Waals surface area contributed by atoms with E-state index in [-0.39, 0.29) is 11.7 Å². The molecule has 0 saturated heterocycles. The van der Waals surface area contributed by atoms with Gasteiger partial charge in [-0.2, -0.15) is 0 Å². The van der Waals surface area contributed by atoms with E-state index in [4.69, 9.17) is 0 Å². The standard InChI is InChI=1S/C16H17NO/c1-2-11-9-13(10-11)16(18)15-14-6-4-3-5-12(14)7-8-17-15/h3-8,11,13H,2,9-10H2,1H3. The highest BCUT2D eigenvalue weighted by Gasteiger charge is 2.34. The molecule has 0 N–H and O–H groups in total. The molecule has 0 bridgehead atoms. The summed E-state index contributed by atoms with van der Waals surface area (Å²) in [6.07, 6.45) is 5.01. The predicted molar refractivity (Wildman–Crippen MR) is 72.6 cm³/mol. The number of carbonyl (C=O) groups is 1. The van der Waals surface area contributed by atoms with Gasteiger partial charge in [-0.05, 0) is 30.2 Å². The summed E-state index contributed by atoms with van der Waals surface area (Å²) in [7, 11) is 0. The van der Waals surface area contributed by atoms with Gasteiger partial charge in [0, 0.05) is 17.5 Å². The van der Waals surface area contributed by atoms with Gasteiger partial charge in [0.15, 0.2) is 5.78 Å². The summed E-state index contributed by atoms with van der Waals surface area (Å²) in [6, 6.07) is 9.94. The van der Waals surface area contributed by atoms with Gasteiger partial charge < -0.3 is 0 Å². The van der Waals surface area contributed by atoms with Crippen molar-refractivity contribution >= 4 is 16.6 Å². The number of hydrogen-bond donors (Lipinski definition) is 0. The van der Waals surface area contributed by atoms with Gasteiger partial charge >= 0.3 is 0 Å². The zero-order chi connectivity index (χ0) is 12.5. The lowest BCUT2D eigenvalue weighted by Gasteiger charge is -2.33. The Morgan fingerprint density at radius 3 is 2.83 bits per heavy atom. The normalized spacial score (nSPS) is 22.7. The Morgan fingerprint density at radius 2 is 2.06 bits per heavy atom. The second kappa shape index (κ2) is 4.52. The Morgan fingerprint density at radius 1 is 1.28 bits per heavy atom. The molecule has 2 nitrogen and oxygen atoms in total. The lowest BCUT2D eigenvalue weighted by atomic mass is 9.71. The fraction of sp³-hybridized carbons (Fsp3) is 0.375. The summed E-state index contributed by atoms with van der Waals surface area (Å²) < 4.78 is 0. The molecule has 0 radical (unpaired) electrons. The molecule has 0 unspecified atom stereocenters. The average molecular weight is 239 g/mol. The van der Waals surface area contributed by atoms with Crippen molar-refractivity contribution < 1.29 is 4.79 Å². The molecule has 2 aromatic rings. The molecule has 1 aromatic heterocycles. The van der Waals surface area contributed by atoms with E-state index in [2.05, 4.69) is 11.9 Å². The third-order valence-corrected chi connectivity index (χ3v) is 4.09. The van der Waals surface area contributed by atoms with Crippen LogP contribution in [0.3, 0.4) is 0 Å². The number of fused-ring (bicyclic) bond motifs is 1. The molecule has 18 heavy (non-hydrogen) atoms. The van der Waals surface area contributed by atoms with E-state index in [0.717, 1.165) is 29.5 Å². The minimum atomic E-state index is 0.202. The van der Waals surface area contributed by atoms with Crippen molar-refractivity contribution in [3.8, 4) is 0 Å². The molecule has 0 atom stereocenters. The van der Waals surface area contributed by atoms with E-state index < -0.39 is 0 Å². The lowest BCUT2D eigenvalue weighted by Crippen LogP contribution is -2.30. The van der Waals surface area contributed by atoms with Crippen LogP contribution >= 0.6 is 0 Å². The van der Waals surface area contributed by atoms with Crippen LogP contribution in [0.15, 0.2) is 36.5 Å². The number of hydrogen-bond acceptors (Lipinski definition) is 2. The summed E-state index contributed by atoms with van der Waals surface area (Å²) in [5, 5.41) is 2.09. The van der Waals surface area contributed by atoms with Gasteiger partial charge in [-0.3, -0.25) is 9.78 Å². The quantitative estimate of drug-likeness (QED) is 0.761. The number of ketones is 1. The van der Waals surface area contributed by atoms with Crippen molar-refractivity contribution in [3.05, 3.63) is 42.2 Å². The molecule has 3 rings (SSSR count). The van der Waals surface area contributed by atoms with Gasteiger partial charge in [-0.1, -0.05) is 37.6 Å². The summed E-state index contributed by atoms with van der Waals surface area (Å²) in [5.74, 6) is 1.18. The zero-order valence-electron chi connectivity index (χ0n) is 10.6. The molecule has 0 spiro atoms. The van der Waals surface area contributed by atoms with Crippen LogP contribution < -0.4 is 0 Å². The number of pyridine rings is 1. The molecule has 1 aliphatic carbocycles. The average Bonchev–Trinajstić information content (AvgIpc) is 2.36. The van der Waals surface area contributed by atoms with Crippen LogP contribution in [0.1, 0.15) is 36.7 Å². The molecule has 0 aliphatic heterocycles. The third kappa shape index (κ3) is 1.82. The molecule has 1 heterocycles. The summed E-state index contributed by atoms with van der Waals surface area (Å²) in [5.41, 5.74) is 0.660. The number of aromatic nitrogens is 1. The largest absolute Gasteiger partial charge is 0.292 e. The van der Waals surface area contributed by atoms with Crippen molar-refractivity contribution in [1.82, 2.24) is 4.98 Å². The van der Waals surface area contributed by atoms with E-state index in [1.165, 1.54) is 6.42 Å². The third-order valence-electron chi connectivity index (χ3n) is 4.09. The number of Topliss-reactive ketones (excluding diaryl/α,β-unsaturated/α-hetero) is 1. The second-order valence-electron chi connectivity index (χ2n) is 5.19. The molecule has 1 aliphatic rings. The minimum absolute atomic E-state index is 0.202. The Labute approximate surface area is 107 Å². The fourth-order valence-electron chi connectivity index (χ4n) is 2.79. The van der Waals surface area contributed by atoms with Crippen LogP contribution in [-0.4, -0.2) is 10.8 Å². The van der Waals surface area contributed by atoms with Crippen LogP contribution in [-0.2, 0) is 0 Å². The molecule has 2 heteroatoms. The molecule has 92 valence electrons. The molecule has 1 aromatic carbocycles. The predicted octanol–water partition coefficient (Wildman–Crippen LogP) is 3.85. The summed E-state index contributed by atoms with van der Waals surface area (Å²) in [6.45, 7) is 2.20. The number of carbonyl (C=O) groups excluding carboxylic acids is 1. The van der Waals surface area contributed by atoms with Gasteiger partial charge in [0.25, 0.3) is 0 Å². The van der Waals surface area contributed by atoms with E-state index in [1.807, 2.05) is 30.3 Å². The maximum atomic E-state index is 12.4. The lowest BCUT2D eigenvalue weighted by molar-refractivity contribution is 0.0767. The first-order valence-electron chi connectivity index (χ1n) is 6.67. The Bertz CT molecular complexity index is 579. The first-order chi connectivity index (χ1) is 8.79.